The highest BCUT2D eigenvalue weighted by Crippen LogP contribution is 2.18. The van der Waals surface area contributed by atoms with Crippen LogP contribution < -0.4 is 4.90 Å². The molecule has 0 amide bonds. The Kier molecular flexibility index (Phi) is 3.39. The minimum Gasteiger partial charge on any atom is -0.391 e. The van der Waals surface area contributed by atoms with Crippen LogP contribution in [0.15, 0.2) is 6.07 Å². The van der Waals surface area contributed by atoms with E-state index in [0.29, 0.717) is 6.54 Å². The van der Waals surface area contributed by atoms with E-state index in [4.69, 9.17) is 0 Å². The number of aliphatic hydroxyl groups is 1. The van der Waals surface area contributed by atoms with Gasteiger partial charge in [-0.05, 0) is 26.2 Å². The largest absolute Gasteiger partial charge is 0.391 e. The van der Waals surface area contributed by atoms with Crippen LogP contribution >= 0.6 is 0 Å². The molecular formula is C12H19N3O. The molecule has 1 fully saturated rings. The molecule has 0 aliphatic carbocycles. The van der Waals surface area contributed by atoms with Crippen molar-refractivity contribution in [2.75, 3.05) is 18.0 Å². The number of aromatic nitrogens is 2. The summed E-state index contributed by atoms with van der Waals surface area (Å²) in [4.78, 5) is 11.0. The second-order valence-electron chi connectivity index (χ2n) is 4.36. The molecule has 1 N–H and O–H groups in total. The van der Waals surface area contributed by atoms with Crippen molar-refractivity contribution in [1.29, 1.82) is 0 Å². The Balaban J connectivity index is 2.21. The zero-order valence-corrected chi connectivity index (χ0v) is 9.98. The fraction of sp³-hybridized carbons (Fsp3) is 0.667. The van der Waals surface area contributed by atoms with Crippen molar-refractivity contribution in [2.24, 2.45) is 0 Å². The van der Waals surface area contributed by atoms with Crippen LogP contribution in [0.1, 0.15) is 31.3 Å². The Hall–Kier alpha value is -1.16. The van der Waals surface area contributed by atoms with Crippen LogP contribution in [0.2, 0.25) is 0 Å². The average Bonchev–Trinajstić information content (AvgIpc) is 2.28. The van der Waals surface area contributed by atoms with E-state index in [1.54, 1.807) is 0 Å². The summed E-state index contributed by atoms with van der Waals surface area (Å²) in [5, 5.41) is 9.65. The van der Waals surface area contributed by atoms with Crippen LogP contribution in [0.3, 0.4) is 0 Å². The average molecular weight is 221 g/mol. The molecule has 88 valence electrons. The highest BCUT2D eigenvalue weighted by Gasteiger charge is 2.19. The lowest BCUT2D eigenvalue weighted by Gasteiger charge is -2.31. The second-order valence-corrected chi connectivity index (χ2v) is 4.36. The molecule has 1 aromatic rings. The minimum atomic E-state index is -0.214. The van der Waals surface area contributed by atoms with Gasteiger partial charge in [-0.2, -0.15) is 0 Å². The van der Waals surface area contributed by atoms with Crippen LogP contribution in [0.25, 0.3) is 0 Å². The summed E-state index contributed by atoms with van der Waals surface area (Å²) in [6.07, 6.45) is 2.65. The zero-order chi connectivity index (χ0) is 11.5. The molecule has 1 aliphatic heterocycles. The van der Waals surface area contributed by atoms with Gasteiger partial charge in [-0.1, -0.05) is 6.92 Å². The summed E-state index contributed by atoms with van der Waals surface area (Å²) in [6, 6.07) is 2.03. The minimum absolute atomic E-state index is 0.214. The quantitative estimate of drug-likeness (QED) is 0.818. The van der Waals surface area contributed by atoms with Crippen molar-refractivity contribution >= 4 is 5.82 Å². The lowest BCUT2D eigenvalue weighted by atomic mass is 10.1. The molecule has 1 saturated heterocycles. The predicted molar refractivity (Wildman–Crippen MR) is 63.6 cm³/mol. The van der Waals surface area contributed by atoms with Gasteiger partial charge in [-0.15, -0.1) is 0 Å². The number of aliphatic hydroxyl groups excluding tert-OH is 1. The number of piperidine rings is 1. The van der Waals surface area contributed by atoms with Gasteiger partial charge in [0.2, 0.25) is 0 Å². The number of aryl methyl sites for hydroxylation is 2. The maximum atomic E-state index is 9.65. The van der Waals surface area contributed by atoms with Crippen molar-refractivity contribution in [3.63, 3.8) is 0 Å². The Labute approximate surface area is 96.3 Å². The number of hydrogen-bond donors (Lipinski definition) is 1. The van der Waals surface area contributed by atoms with Crippen LogP contribution in [0, 0.1) is 6.92 Å². The molecule has 4 heteroatoms. The fourth-order valence-electron chi connectivity index (χ4n) is 2.12. The number of rotatable bonds is 2. The molecule has 0 bridgehead atoms. The van der Waals surface area contributed by atoms with E-state index in [-0.39, 0.29) is 6.10 Å². The lowest BCUT2D eigenvalue weighted by Crippen LogP contribution is -2.38. The smallest absolute Gasteiger partial charge is 0.132 e. The first kappa shape index (κ1) is 11.3. The summed E-state index contributed by atoms with van der Waals surface area (Å²) in [5.74, 6) is 1.78. The molecular weight excluding hydrogens is 202 g/mol. The molecule has 1 aromatic heterocycles. The third-order valence-corrected chi connectivity index (χ3v) is 2.96. The van der Waals surface area contributed by atoms with E-state index < -0.39 is 0 Å². The summed E-state index contributed by atoms with van der Waals surface area (Å²) < 4.78 is 0. The Bertz CT molecular complexity index is 367. The van der Waals surface area contributed by atoms with E-state index in [1.165, 1.54) is 0 Å². The molecule has 0 radical (unpaired) electrons. The monoisotopic (exact) mass is 221 g/mol. The van der Waals surface area contributed by atoms with Crippen LogP contribution in [0.5, 0.6) is 0 Å². The van der Waals surface area contributed by atoms with Crippen LogP contribution in [-0.4, -0.2) is 34.3 Å². The SMILES string of the molecule is CCc1cc(N2CCC[C@H](O)C2)nc(C)n1. The number of β-amino-alcohol motifs (C(OH)–C–C–N with tert-alkyl or cyclic N) is 1. The highest BCUT2D eigenvalue weighted by molar-refractivity contribution is 5.40. The van der Waals surface area contributed by atoms with Crippen molar-refractivity contribution in [1.82, 2.24) is 9.97 Å². The second kappa shape index (κ2) is 4.78. The van der Waals surface area contributed by atoms with Gasteiger partial charge in [0.25, 0.3) is 0 Å². The van der Waals surface area contributed by atoms with Gasteiger partial charge in [0.05, 0.1) is 6.10 Å². The van der Waals surface area contributed by atoms with E-state index >= 15 is 0 Å². The van der Waals surface area contributed by atoms with Crippen molar-refractivity contribution in [3.05, 3.63) is 17.6 Å². The molecule has 0 spiro atoms. The molecule has 0 unspecified atom stereocenters. The molecule has 0 aromatic carbocycles. The van der Waals surface area contributed by atoms with Gasteiger partial charge in [-0.3, -0.25) is 0 Å². The summed E-state index contributed by atoms with van der Waals surface area (Å²) in [5.41, 5.74) is 1.07. The topological polar surface area (TPSA) is 49.2 Å². The van der Waals surface area contributed by atoms with Crippen molar-refractivity contribution in [2.45, 2.75) is 39.2 Å². The Morgan fingerprint density at radius 3 is 3.00 bits per heavy atom. The molecule has 1 atom stereocenters. The number of nitrogens with zero attached hydrogens (tertiary/aromatic N) is 3. The van der Waals surface area contributed by atoms with E-state index in [2.05, 4.69) is 21.8 Å². The standard InChI is InChI=1S/C12H19N3O/c1-3-10-7-12(14-9(2)13-10)15-6-4-5-11(16)8-15/h7,11,16H,3-6,8H2,1-2H3/t11-/m0/s1. The first-order valence-electron chi connectivity index (χ1n) is 5.96. The first-order chi connectivity index (χ1) is 7.69. The summed E-state index contributed by atoms with van der Waals surface area (Å²) >= 11 is 0. The third-order valence-electron chi connectivity index (χ3n) is 2.96. The van der Waals surface area contributed by atoms with Crippen LogP contribution in [0.4, 0.5) is 5.82 Å². The van der Waals surface area contributed by atoms with Gasteiger partial charge in [0.1, 0.15) is 11.6 Å². The summed E-state index contributed by atoms with van der Waals surface area (Å²) in [6.45, 7) is 5.69. The van der Waals surface area contributed by atoms with Gasteiger partial charge in [-0.25, -0.2) is 9.97 Å². The maximum absolute atomic E-state index is 9.65. The first-order valence-corrected chi connectivity index (χ1v) is 5.96. The third kappa shape index (κ3) is 2.50. The van der Waals surface area contributed by atoms with Crippen molar-refractivity contribution < 1.29 is 5.11 Å². The highest BCUT2D eigenvalue weighted by atomic mass is 16.3. The molecule has 16 heavy (non-hydrogen) atoms. The Morgan fingerprint density at radius 2 is 2.31 bits per heavy atom. The van der Waals surface area contributed by atoms with E-state index in [9.17, 15) is 5.11 Å². The van der Waals surface area contributed by atoms with Crippen molar-refractivity contribution in [3.8, 4) is 0 Å². The van der Waals surface area contributed by atoms with E-state index in [1.807, 2.05) is 13.0 Å². The van der Waals surface area contributed by atoms with Gasteiger partial charge >= 0.3 is 0 Å². The Morgan fingerprint density at radius 1 is 1.50 bits per heavy atom. The van der Waals surface area contributed by atoms with Gasteiger partial charge < -0.3 is 10.0 Å². The van der Waals surface area contributed by atoms with Gasteiger partial charge in [0.15, 0.2) is 0 Å². The molecule has 2 rings (SSSR count). The number of anilines is 1. The molecule has 4 nitrogen and oxygen atoms in total. The van der Waals surface area contributed by atoms with Gasteiger partial charge in [0, 0.05) is 24.8 Å². The number of hydrogen-bond acceptors (Lipinski definition) is 4. The van der Waals surface area contributed by atoms with E-state index in [0.717, 1.165) is 43.1 Å². The molecule has 1 aliphatic rings. The molecule has 2 heterocycles. The normalized spacial score (nSPS) is 21.2. The summed E-state index contributed by atoms with van der Waals surface area (Å²) in [7, 11) is 0. The maximum Gasteiger partial charge on any atom is 0.132 e. The zero-order valence-electron chi connectivity index (χ0n) is 9.98. The predicted octanol–water partition coefficient (Wildman–Crippen LogP) is 1.31. The van der Waals surface area contributed by atoms with Crippen LogP contribution in [-0.2, 0) is 6.42 Å². The molecule has 0 saturated carbocycles. The lowest BCUT2D eigenvalue weighted by molar-refractivity contribution is 0.154. The fourth-order valence-corrected chi connectivity index (χ4v) is 2.12.